The van der Waals surface area contributed by atoms with Crippen LogP contribution < -0.4 is 10.6 Å². The molecule has 5 heterocycles. The summed E-state index contributed by atoms with van der Waals surface area (Å²) in [5, 5.41) is 14.4. The van der Waals surface area contributed by atoms with Crippen LogP contribution in [0, 0.1) is 0 Å². The number of hydrogen-bond acceptors (Lipinski definition) is 11. The van der Waals surface area contributed by atoms with E-state index in [9.17, 15) is 22.8 Å². The Labute approximate surface area is 259 Å². The zero-order valence-electron chi connectivity index (χ0n) is 24.6. The van der Waals surface area contributed by atoms with Crippen LogP contribution in [0.3, 0.4) is 0 Å². The summed E-state index contributed by atoms with van der Waals surface area (Å²) in [7, 11) is 0. The molecule has 1 fully saturated rings. The Morgan fingerprint density at radius 1 is 1.11 bits per heavy atom. The van der Waals surface area contributed by atoms with E-state index in [2.05, 4.69) is 35.8 Å². The number of aromatic nitrogens is 5. The molecule has 0 aliphatic carbocycles. The molecule has 2 N–H and O–H groups in total. The zero-order valence-corrected chi connectivity index (χ0v) is 25.5. The summed E-state index contributed by atoms with van der Waals surface area (Å²) >= 11 is 0.799. The highest BCUT2D eigenvalue weighted by Gasteiger charge is 2.36. The number of nitrogens with zero attached hydrogens (tertiary/aromatic N) is 6. The molecular weight excluding hydrogens is 617 g/mol. The van der Waals surface area contributed by atoms with Gasteiger partial charge in [0.25, 0.3) is 0 Å². The van der Waals surface area contributed by atoms with Gasteiger partial charge in [-0.1, -0.05) is 0 Å². The van der Waals surface area contributed by atoms with Crippen molar-refractivity contribution in [2.45, 2.75) is 45.5 Å². The number of alkyl halides is 3. The molecule has 1 atom stereocenters. The lowest BCUT2D eigenvalue weighted by Crippen LogP contribution is -2.45. The van der Waals surface area contributed by atoms with Crippen molar-refractivity contribution in [3.63, 3.8) is 0 Å². The fourth-order valence-electron chi connectivity index (χ4n) is 4.32. The average molecular weight is 647 g/mol. The van der Waals surface area contributed by atoms with Crippen molar-refractivity contribution in [2.24, 2.45) is 0 Å². The molecule has 1 saturated heterocycles. The third-order valence-electron chi connectivity index (χ3n) is 6.29. The first-order valence-corrected chi connectivity index (χ1v) is 14.6. The van der Waals surface area contributed by atoms with Crippen molar-refractivity contribution in [3.05, 3.63) is 47.7 Å². The molecule has 0 aromatic carbocycles. The van der Waals surface area contributed by atoms with E-state index in [1.807, 2.05) is 0 Å². The monoisotopic (exact) mass is 646 g/mol. The summed E-state index contributed by atoms with van der Waals surface area (Å²) in [5.41, 5.74) is -0.207. The SMILES string of the molecule is CCNC(=O)Nc1cc(-c2nc(C(F)(F)F)cs2)c(-c2cncc(-c3nnc(C4COCCN4C(=O)OC(C)(C)C)o3)c2)cn1. The number of halogens is 3. The van der Waals surface area contributed by atoms with Crippen LogP contribution in [0.2, 0.25) is 0 Å². The van der Waals surface area contributed by atoms with Crippen molar-refractivity contribution in [2.75, 3.05) is 31.6 Å². The lowest BCUT2D eigenvalue weighted by atomic mass is 10.0. The van der Waals surface area contributed by atoms with E-state index in [0.717, 1.165) is 16.7 Å². The molecule has 0 saturated carbocycles. The maximum absolute atomic E-state index is 13.4. The second-order valence-electron chi connectivity index (χ2n) is 10.8. The van der Waals surface area contributed by atoms with Crippen molar-refractivity contribution in [1.82, 2.24) is 35.4 Å². The van der Waals surface area contributed by atoms with E-state index in [0.29, 0.717) is 29.8 Å². The van der Waals surface area contributed by atoms with Gasteiger partial charge in [-0.3, -0.25) is 15.2 Å². The summed E-state index contributed by atoms with van der Waals surface area (Å²) in [6.45, 7) is 8.11. The molecule has 45 heavy (non-hydrogen) atoms. The zero-order chi connectivity index (χ0) is 32.4. The predicted octanol–water partition coefficient (Wildman–Crippen LogP) is 5.79. The van der Waals surface area contributed by atoms with Gasteiger partial charge in [-0.05, 0) is 39.8 Å². The molecule has 1 unspecified atom stereocenters. The summed E-state index contributed by atoms with van der Waals surface area (Å²) in [6.07, 6.45) is -0.795. The Kier molecular flexibility index (Phi) is 9.01. The topological polar surface area (TPSA) is 157 Å². The normalized spacial score (nSPS) is 15.5. The molecule has 4 aromatic rings. The Morgan fingerprint density at radius 2 is 1.89 bits per heavy atom. The maximum atomic E-state index is 13.4. The molecule has 0 spiro atoms. The quantitative estimate of drug-likeness (QED) is 0.263. The van der Waals surface area contributed by atoms with E-state index in [4.69, 9.17) is 13.9 Å². The van der Waals surface area contributed by atoms with E-state index in [-0.39, 0.29) is 41.3 Å². The van der Waals surface area contributed by atoms with Crippen LogP contribution in [-0.4, -0.2) is 74.1 Å². The second kappa shape index (κ2) is 12.8. The highest BCUT2D eigenvalue weighted by atomic mass is 32.1. The number of ether oxygens (including phenoxy) is 2. The molecule has 3 amide bonds. The summed E-state index contributed by atoms with van der Waals surface area (Å²) in [6, 6.07) is 1.89. The van der Waals surface area contributed by atoms with E-state index in [1.54, 1.807) is 33.8 Å². The van der Waals surface area contributed by atoms with Crippen LogP contribution in [0.4, 0.5) is 28.6 Å². The van der Waals surface area contributed by atoms with Gasteiger partial charge in [0.1, 0.15) is 22.5 Å². The fraction of sp³-hybridized carbons (Fsp3) is 0.393. The van der Waals surface area contributed by atoms with Gasteiger partial charge in [0.15, 0.2) is 5.69 Å². The number of amides is 3. The largest absolute Gasteiger partial charge is 0.444 e. The van der Waals surface area contributed by atoms with Crippen LogP contribution in [0.25, 0.3) is 33.2 Å². The number of pyridine rings is 2. The lowest BCUT2D eigenvalue weighted by molar-refractivity contribution is -0.140. The predicted molar refractivity (Wildman–Crippen MR) is 156 cm³/mol. The van der Waals surface area contributed by atoms with Gasteiger partial charge in [-0.15, -0.1) is 21.5 Å². The van der Waals surface area contributed by atoms with Crippen molar-refractivity contribution in [1.29, 1.82) is 0 Å². The molecule has 5 rings (SSSR count). The number of carbonyl (C=O) groups excluding carboxylic acids is 2. The molecule has 4 aromatic heterocycles. The average Bonchev–Trinajstić information content (AvgIpc) is 3.68. The summed E-state index contributed by atoms with van der Waals surface area (Å²) in [5.74, 6) is 0.330. The number of nitrogens with one attached hydrogen (secondary N) is 2. The van der Waals surface area contributed by atoms with Gasteiger partial charge in [-0.2, -0.15) is 13.2 Å². The number of anilines is 1. The van der Waals surface area contributed by atoms with E-state index >= 15 is 0 Å². The second-order valence-corrected chi connectivity index (χ2v) is 11.7. The molecule has 238 valence electrons. The minimum atomic E-state index is -4.64. The molecule has 1 aliphatic rings. The summed E-state index contributed by atoms with van der Waals surface area (Å²) in [4.78, 5) is 38.8. The Balaban J connectivity index is 1.48. The first-order chi connectivity index (χ1) is 21.3. The fourth-order valence-corrected chi connectivity index (χ4v) is 5.17. The van der Waals surface area contributed by atoms with E-state index < -0.39 is 35.6 Å². The number of rotatable bonds is 6. The molecule has 0 radical (unpaired) electrons. The molecule has 17 heteroatoms. The van der Waals surface area contributed by atoms with Crippen LogP contribution in [-0.2, 0) is 15.7 Å². The highest BCUT2D eigenvalue weighted by molar-refractivity contribution is 7.13. The summed E-state index contributed by atoms with van der Waals surface area (Å²) < 4.78 is 57.2. The Hall–Kier alpha value is -4.64. The van der Waals surface area contributed by atoms with Crippen LogP contribution >= 0.6 is 11.3 Å². The Morgan fingerprint density at radius 3 is 2.60 bits per heavy atom. The lowest BCUT2D eigenvalue weighted by Gasteiger charge is -2.34. The van der Waals surface area contributed by atoms with Gasteiger partial charge in [0, 0.05) is 53.8 Å². The van der Waals surface area contributed by atoms with Crippen molar-refractivity contribution >= 4 is 29.3 Å². The van der Waals surface area contributed by atoms with E-state index in [1.165, 1.54) is 29.6 Å². The standard InChI is InChI=1S/C28H29F3N8O5S/c1-5-33-25(40)36-21-9-17(24-35-20(14-45-24)28(29,30)31)18(12-34-21)15-8-16(11-32-10-15)22-37-38-23(43-22)19-13-42-7-6-39(19)26(41)44-27(2,3)4/h8-12,14,19H,5-7,13H2,1-4H3,(H2,33,34,36,40). The van der Waals surface area contributed by atoms with Gasteiger partial charge in [-0.25, -0.2) is 19.6 Å². The molecular formula is C28H29F3N8O5S. The number of thiazole rings is 1. The first kappa shape index (κ1) is 31.8. The number of carbonyl (C=O) groups is 2. The van der Waals surface area contributed by atoms with Crippen molar-refractivity contribution in [3.8, 4) is 33.2 Å². The van der Waals surface area contributed by atoms with Gasteiger partial charge in [0.2, 0.25) is 11.8 Å². The van der Waals surface area contributed by atoms with Crippen LogP contribution in [0.15, 0.2) is 40.5 Å². The smallest absolute Gasteiger partial charge is 0.434 e. The maximum Gasteiger partial charge on any atom is 0.434 e. The highest BCUT2D eigenvalue weighted by Crippen LogP contribution is 2.39. The molecule has 0 bridgehead atoms. The molecule has 1 aliphatic heterocycles. The number of urea groups is 1. The first-order valence-electron chi connectivity index (χ1n) is 13.8. The number of morpholine rings is 1. The van der Waals surface area contributed by atoms with Gasteiger partial charge in [0.05, 0.1) is 18.8 Å². The van der Waals surface area contributed by atoms with Crippen molar-refractivity contribution < 1.29 is 36.7 Å². The minimum absolute atomic E-state index is 0.0590. The Bertz CT molecular complexity index is 1690. The third-order valence-corrected chi connectivity index (χ3v) is 7.16. The van der Waals surface area contributed by atoms with Crippen LogP contribution in [0.1, 0.15) is 45.3 Å². The number of hydrogen-bond donors (Lipinski definition) is 2. The van der Waals surface area contributed by atoms with Crippen LogP contribution in [0.5, 0.6) is 0 Å². The molecule has 13 nitrogen and oxygen atoms in total. The van der Waals surface area contributed by atoms with Gasteiger partial charge < -0.3 is 19.2 Å². The van der Waals surface area contributed by atoms with Gasteiger partial charge >= 0.3 is 18.3 Å². The minimum Gasteiger partial charge on any atom is -0.444 e. The third kappa shape index (κ3) is 7.54.